The maximum Gasteiger partial charge on any atom is 0.237 e. The summed E-state index contributed by atoms with van der Waals surface area (Å²) in [6, 6.07) is 6.25. The zero-order valence-corrected chi connectivity index (χ0v) is 9.73. The monoisotopic (exact) mass is 234 g/mol. The number of hydrogen-bond acceptors (Lipinski definition) is 3. The number of phenols is 1. The van der Waals surface area contributed by atoms with Crippen molar-refractivity contribution in [2.75, 3.05) is 6.54 Å². The molecular formula is C13H18N2O2. The maximum absolute atomic E-state index is 11.7. The van der Waals surface area contributed by atoms with E-state index in [4.69, 9.17) is 10.8 Å². The molecule has 1 aliphatic carbocycles. The summed E-state index contributed by atoms with van der Waals surface area (Å²) in [6.07, 6.45) is 2.93. The summed E-state index contributed by atoms with van der Waals surface area (Å²) < 4.78 is 0. The van der Waals surface area contributed by atoms with Gasteiger partial charge in [-0.2, -0.15) is 0 Å². The van der Waals surface area contributed by atoms with Crippen LogP contribution in [0.2, 0.25) is 0 Å². The average molecular weight is 234 g/mol. The second kappa shape index (κ2) is 5.19. The highest BCUT2D eigenvalue weighted by molar-refractivity contribution is 5.81. The molecule has 1 amide bonds. The van der Waals surface area contributed by atoms with Gasteiger partial charge in [0.15, 0.2) is 0 Å². The van der Waals surface area contributed by atoms with Crippen molar-refractivity contribution in [3.63, 3.8) is 0 Å². The molecule has 1 saturated carbocycles. The predicted molar refractivity (Wildman–Crippen MR) is 65.5 cm³/mol. The fourth-order valence-electron chi connectivity index (χ4n) is 1.68. The van der Waals surface area contributed by atoms with E-state index in [-0.39, 0.29) is 11.7 Å². The van der Waals surface area contributed by atoms with Crippen LogP contribution >= 0.6 is 0 Å². The smallest absolute Gasteiger partial charge is 0.237 e. The lowest BCUT2D eigenvalue weighted by Gasteiger charge is -2.12. The van der Waals surface area contributed by atoms with E-state index in [2.05, 4.69) is 5.32 Å². The van der Waals surface area contributed by atoms with E-state index in [0.717, 1.165) is 12.1 Å². The van der Waals surface area contributed by atoms with Crippen LogP contribution in [0.5, 0.6) is 5.75 Å². The van der Waals surface area contributed by atoms with Gasteiger partial charge in [0.25, 0.3) is 0 Å². The molecule has 1 atom stereocenters. The molecule has 0 unspecified atom stereocenters. The van der Waals surface area contributed by atoms with Crippen LogP contribution in [0.3, 0.4) is 0 Å². The predicted octanol–water partition coefficient (Wildman–Crippen LogP) is 0.788. The molecule has 1 aliphatic rings. The average Bonchev–Trinajstić information content (AvgIpc) is 3.13. The van der Waals surface area contributed by atoms with Crippen molar-refractivity contribution in [3.05, 3.63) is 29.8 Å². The van der Waals surface area contributed by atoms with Crippen LogP contribution < -0.4 is 11.1 Å². The van der Waals surface area contributed by atoms with Crippen molar-refractivity contribution in [2.24, 2.45) is 11.7 Å². The van der Waals surface area contributed by atoms with Crippen molar-refractivity contribution >= 4 is 5.91 Å². The Labute approximate surface area is 101 Å². The zero-order valence-electron chi connectivity index (χ0n) is 9.73. The molecule has 1 aromatic rings. The number of benzene rings is 1. The van der Waals surface area contributed by atoms with Gasteiger partial charge in [0.2, 0.25) is 5.91 Å². The molecule has 4 heteroatoms. The first-order valence-corrected chi connectivity index (χ1v) is 5.96. The third-order valence-electron chi connectivity index (χ3n) is 2.99. The lowest BCUT2D eigenvalue weighted by molar-refractivity contribution is -0.122. The highest BCUT2D eigenvalue weighted by Crippen LogP contribution is 2.27. The van der Waals surface area contributed by atoms with E-state index in [1.165, 1.54) is 12.8 Å². The molecule has 0 aliphatic heterocycles. The Morgan fingerprint density at radius 1 is 1.41 bits per heavy atom. The molecule has 0 heterocycles. The summed E-state index contributed by atoms with van der Waals surface area (Å²) in [4.78, 5) is 11.7. The van der Waals surface area contributed by atoms with Gasteiger partial charge in [-0.3, -0.25) is 4.79 Å². The number of nitrogens with one attached hydrogen (secondary N) is 1. The Balaban J connectivity index is 1.80. The molecule has 4 N–H and O–H groups in total. The Hall–Kier alpha value is -1.55. The summed E-state index contributed by atoms with van der Waals surface area (Å²) in [5.41, 5.74) is 6.77. The van der Waals surface area contributed by atoms with Crippen LogP contribution in [-0.4, -0.2) is 23.6 Å². The molecule has 2 rings (SSSR count). The number of rotatable bonds is 5. The standard InChI is InChI=1S/C13H18N2O2/c14-12(13(17)15-8-10-1-2-10)7-9-3-5-11(16)6-4-9/h3-6,10,12,16H,1-2,7-8,14H2,(H,15,17)/t12-/m1/s1. The molecule has 4 nitrogen and oxygen atoms in total. The minimum atomic E-state index is -0.515. The Morgan fingerprint density at radius 3 is 2.65 bits per heavy atom. The number of carbonyl (C=O) groups is 1. The van der Waals surface area contributed by atoms with Gasteiger partial charge in [-0.25, -0.2) is 0 Å². The van der Waals surface area contributed by atoms with Crippen molar-refractivity contribution in [3.8, 4) is 5.75 Å². The van der Waals surface area contributed by atoms with E-state index in [0.29, 0.717) is 12.3 Å². The highest BCUT2D eigenvalue weighted by atomic mass is 16.3. The summed E-state index contributed by atoms with van der Waals surface area (Å²) in [5.74, 6) is 0.797. The number of phenolic OH excluding ortho intramolecular Hbond substituents is 1. The van der Waals surface area contributed by atoms with Crippen LogP contribution in [0.25, 0.3) is 0 Å². The number of nitrogens with two attached hydrogens (primary N) is 1. The van der Waals surface area contributed by atoms with E-state index < -0.39 is 6.04 Å². The van der Waals surface area contributed by atoms with Crippen LogP contribution in [0, 0.1) is 5.92 Å². The van der Waals surface area contributed by atoms with Crippen molar-refractivity contribution in [2.45, 2.75) is 25.3 Å². The van der Waals surface area contributed by atoms with E-state index in [9.17, 15) is 4.79 Å². The first-order chi connectivity index (χ1) is 8.15. The molecule has 0 aromatic heterocycles. The molecule has 0 saturated heterocycles. The number of hydrogen-bond donors (Lipinski definition) is 3. The summed E-state index contributed by atoms with van der Waals surface area (Å²) in [6.45, 7) is 0.752. The van der Waals surface area contributed by atoms with Crippen molar-refractivity contribution in [1.82, 2.24) is 5.32 Å². The Kier molecular flexibility index (Phi) is 3.64. The molecule has 0 radical (unpaired) electrons. The minimum absolute atomic E-state index is 0.0926. The lowest BCUT2D eigenvalue weighted by atomic mass is 10.1. The summed E-state index contributed by atoms with van der Waals surface area (Å²) in [7, 11) is 0. The molecule has 1 aromatic carbocycles. The fraction of sp³-hybridized carbons (Fsp3) is 0.462. The van der Waals surface area contributed by atoms with Gasteiger partial charge in [0.1, 0.15) is 5.75 Å². The molecule has 0 spiro atoms. The van der Waals surface area contributed by atoms with Crippen LogP contribution in [0.1, 0.15) is 18.4 Å². The molecule has 92 valence electrons. The Morgan fingerprint density at radius 2 is 2.06 bits per heavy atom. The molecular weight excluding hydrogens is 216 g/mol. The first kappa shape index (κ1) is 11.9. The van der Waals surface area contributed by atoms with E-state index >= 15 is 0 Å². The van der Waals surface area contributed by atoms with Gasteiger partial charge >= 0.3 is 0 Å². The van der Waals surface area contributed by atoms with Gasteiger partial charge in [0, 0.05) is 6.54 Å². The SMILES string of the molecule is N[C@H](Cc1ccc(O)cc1)C(=O)NCC1CC1. The lowest BCUT2D eigenvalue weighted by Crippen LogP contribution is -2.42. The normalized spacial score (nSPS) is 16.5. The number of aromatic hydroxyl groups is 1. The van der Waals surface area contributed by atoms with E-state index in [1.54, 1.807) is 24.3 Å². The molecule has 1 fully saturated rings. The second-order valence-corrected chi connectivity index (χ2v) is 4.67. The summed E-state index contributed by atoms with van der Waals surface area (Å²) in [5, 5.41) is 12.0. The van der Waals surface area contributed by atoms with Gasteiger partial charge in [-0.05, 0) is 42.9 Å². The second-order valence-electron chi connectivity index (χ2n) is 4.67. The minimum Gasteiger partial charge on any atom is -0.508 e. The third-order valence-corrected chi connectivity index (χ3v) is 2.99. The number of carbonyl (C=O) groups excluding carboxylic acids is 1. The topological polar surface area (TPSA) is 75.3 Å². The third kappa shape index (κ3) is 3.75. The van der Waals surface area contributed by atoms with Crippen LogP contribution in [0.4, 0.5) is 0 Å². The van der Waals surface area contributed by atoms with Crippen molar-refractivity contribution in [1.29, 1.82) is 0 Å². The largest absolute Gasteiger partial charge is 0.508 e. The van der Waals surface area contributed by atoms with Gasteiger partial charge in [-0.1, -0.05) is 12.1 Å². The van der Waals surface area contributed by atoms with Gasteiger partial charge in [0.05, 0.1) is 6.04 Å². The van der Waals surface area contributed by atoms with E-state index in [1.807, 2.05) is 0 Å². The van der Waals surface area contributed by atoms with Crippen LogP contribution in [-0.2, 0) is 11.2 Å². The highest BCUT2D eigenvalue weighted by Gasteiger charge is 2.23. The van der Waals surface area contributed by atoms with Crippen molar-refractivity contribution < 1.29 is 9.90 Å². The maximum atomic E-state index is 11.7. The fourth-order valence-corrected chi connectivity index (χ4v) is 1.68. The molecule has 17 heavy (non-hydrogen) atoms. The first-order valence-electron chi connectivity index (χ1n) is 5.96. The summed E-state index contributed by atoms with van der Waals surface area (Å²) >= 11 is 0. The zero-order chi connectivity index (χ0) is 12.3. The Bertz CT molecular complexity index is 385. The number of amides is 1. The quantitative estimate of drug-likeness (QED) is 0.705. The van der Waals surface area contributed by atoms with Crippen LogP contribution in [0.15, 0.2) is 24.3 Å². The van der Waals surface area contributed by atoms with Gasteiger partial charge < -0.3 is 16.2 Å². The molecule has 0 bridgehead atoms. The van der Waals surface area contributed by atoms with Gasteiger partial charge in [-0.15, -0.1) is 0 Å².